The van der Waals surface area contributed by atoms with E-state index < -0.39 is 0 Å². The van der Waals surface area contributed by atoms with E-state index in [1.165, 1.54) is 0 Å². The Hall–Kier alpha value is -1.33. The highest BCUT2D eigenvalue weighted by atomic mass is 79.9. The van der Waals surface area contributed by atoms with Crippen LogP contribution in [0, 0.1) is 13.8 Å². The van der Waals surface area contributed by atoms with Crippen LogP contribution >= 0.6 is 27.5 Å². The van der Waals surface area contributed by atoms with Crippen molar-refractivity contribution >= 4 is 44.9 Å². The first kappa shape index (κ1) is 15.1. The molecule has 3 N–H and O–H groups in total. The van der Waals surface area contributed by atoms with E-state index >= 15 is 0 Å². The lowest BCUT2D eigenvalue weighted by molar-refractivity contribution is 0.940. The molecular formula is C14H16BrClN4. The van der Waals surface area contributed by atoms with Crippen LogP contribution < -0.4 is 11.1 Å². The van der Waals surface area contributed by atoms with Crippen molar-refractivity contribution in [2.75, 3.05) is 11.1 Å². The molecule has 0 saturated heterocycles. The van der Waals surface area contributed by atoms with Crippen LogP contribution in [0.4, 0.5) is 17.3 Å². The second kappa shape index (κ2) is 5.97. The van der Waals surface area contributed by atoms with Gasteiger partial charge in [-0.2, -0.15) is 0 Å². The average Bonchev–Trinajstić information content (AvgIpc) is 2.40. The Morgan fingerprint density at radius 2 is 2.00 bits per heavy atom. The fourth-order valence-corrected chi connectivity index (χ4v) is 2.45. The van der Waals surface area contributed by atoms with Crippen molar-refractivity contribution in [1.29, 1.82) is 0 Å². The number of aromatic nitrogens is 2. The van der Waals surface area contributed by atoms with Gasteiger partial charge in [0.15, 0.2) is 0 Å². The maximum absolute atomic E-state index is 6.16. The van der Waals surface area contributed by atoms with Crippen LogP contribution in [0.1, 0.15) is 23.9 Å². The summed E-state index contributed by atoms with van der Waals surface area (Å²) in [7, 11) is 0. The molecular weight excluding hydrogens is 340 g/mol. The summed E-state index contributed by atoms with van der Waals surface area (Å²) < 4.78 is 0.925. The van der Waals surface area contributed by atoms with Crippen molar-refractivity contribution in [1.82, 2.24) is 9.97 Å². The Balaban J connectivity index is 2.44. The van der Waals surface area contributed by atoms with Crippen LogP contribution in [-0.4, -0.2) is 9.97 Å². The predicted octanol–water partition coefficient (Wildman–Crippen LogP) is 4.40. The normalized spacial score (nSPS) is 10.7. The molecule has 1 heterocycles. The number of nitrogen functional groups attached to an aromatic ring is 1. The van der Waals surface area contributed by atoms with E-state index in [-0.39, 0.29) is 0 Å². The summed E-state index contributed by atoms with van der Waals surface area (Å²) in [4.78, 5) is 8.71. The molecule has 2 rings (SSSR count). The van der Waals surface area contributed by atoms with Gasteiger partial charge in [0.05, 0.1) is 5.69 Å². The molecule has 0 amide bonds. The van der Waals surface area contributed by atoms with E-state index in [1.54, 1.807) is 0 Å². The van der Waals surface area contributed by atoms with Crippen molar-refractivity contribution in [3.05, 3.63) is 38.6 Å². The molecule has 0 aliphatic carbocycles. The predicted molar refractivity (Wildman–Crippen MR) is 87.7 cm³/mol. The van der Waals surface area contributed by atoms with E-state index in [4.69, 9.17) is 17.3 Å². The van der Waals surface area contributed by atoms with Crippen LogP contribution in [-0.2, 0) is 6.42 Å². The number of nitrogens with zero attached hydrogens (tertiary/aromatic N) is 2. The summed E-state index contributed by atoms with van der Waals surface area (Å²) in [6, 6.07) is 3.83. The first-order valence-corrected chi connectivity index (χ1v) is 7.45. The van der Waals surface area contributed by atoms with Crippen LogP contribution in [0.15, 0.2) is 16.6 Å². The lowest BCUT2D eigenvalue weighted by atomic mass is 10.2. The maximum Gasteiger partial charge on any atom is 0.139 e. The molecule has 0 fully saturated rings. The van der Waals surface area contributed by atoms with E-state index in [2.05, 4.69) is 31.2 Å². The zero-order valence-electron chi connectivity index (χ0n) is 11.6. The van der Waals surface area contributed by atoms with Gasteiger partial charge in [-0.05, 0) is 47.5 Å². The van der Waals surface area contributed by atoms with Crippen LogP contribution in [0.3, 0.4) is 0 Å². The number of nitrogens with one attached hydrogen (secondary N) is 1. The summed E-state index contributed by atoms with van der Waals surface area (Å²) in [6.45, 7) is 5.84. The summed E-state index contributed by atoms with van der Waals surface area (Å²) in [6.07, 6.45) is 0.731. The molecule has 4 nitrogen and oxygen atoms in total. The van der Waals surface area contributed by atoms with Crippen molar-refractivity contribution in [2.45, 2.75) is 27.2 Å². The second-order valence-corrected chi connectivity index (χ2v) is 5.82. The van der Waals surface area contributed by atoms with Crippen molar-refractivity contribution in [3.8, 4) is 0 Å². The molecule has 1 aromatic heterocycles. The third-order valence-electron chi connectivity index (χ3n) is 3.05. The molecule has 0 aliphatic rings. The van der Waals surface area contributed by atoms with Gasteiger partial charge in [-0.3, -0.25) is 0 Å². The number of anilines is 3. The summed E-state index contributed by atoms with van der Waals surface area (Å²) >= 11 is 9.68. The standard InChI is InChI=1S/C14H16BrClN4/c1-4-12-19-13(17)8(3)14(20-12)18-11-6-10(16)7(2)5-9(11)15/h5-6H,4H2,1-3H3,(H3,17,18,19,20). The fourth-order valence-electron chi connectivity index (χ4n) is 1.73. The minimum atomic E-state index is 0.494. The topological polar surface area (TPSA) is 63.8 Å². The number of halogens is 2. The molecule has 0 unspecified atom stereocenters. The van der Waals surface area contributed by atoms with Gasteiger partial charge < -0.3 is 11.1 Å². The Bertz CT molecular complexity index is 658. The van der Waals surface area contributed by atoms with E-state index in [1.807, 2.05) is 32.9 Å². The maximum atomic E-state index is 6.16. The highest BCUT2D eigenvalue weighted by molar-refractivity contribution is 9.10. The zero-order chi connectivity index (χ0) is 14.9. The van der Waals surface area contributed by atoms with Crippen molar-refractivity contribution in [3.63, 3.8) is 0 Å². The van der Waals surface area contributed by atoms with Gasteiger partial charge in [0, 0.05) is 21.5 Å². The number of benzene rings is 1. The van der Waals surface area contributed by atoms with Gasteiger partial charge in [-0.15, -0.1) is 0 Å². The van der Waals surface area contributed by atoms with Gasteiger partial charge >= 0.3 is 0 Å². The Morgan fingerprint density at radius 3 is 2.65 bits per heavy atom. The van der Waals surface area contributed by atoms with E-state index in [0.717, 1.165) is 27.7 Å². The number of rotatable bonds is 3. The largest absolute Gasteiger partial charge is 0.383 e. The highest BCUT2D eigenvalue weighted by Gasteiger charge is 2.11. The van der Waals surface area contributed by atoms with Crippen molar-refractivity contribution < 1.29 is 0 Å². The monoisotopic (exact) mass is 354 g/mol. The number of nitrogens with two attached hydrogens (primary N) is 1. The van der Waals surface area contributed by atoms with Gasteiger partial charge in [0.2, 0.25) is 0 Å². The van der Waals surface area contributed by atoms with Crippen molar-refractivity contribution in [2.24, 2.45) is 0 Å². The SMILES string of the molecule is CCc1nc(N)c(C)c(Nc2cc(Cl)c(C)cc2Br)n1. The molecule has 106 valence electrons. The molecule has 0 spiro atoms. The third kappa shape index (κ3) is 3.04. The number of aryl methyl sites for hydroxylation is 2. The average molecular weight is 356 g/mol. The summed E-state index contributed by atoms with van der Waals surface area (Å²) in [5.74, 6) is 1.91. The molecule has 2 aromatic rings. The Kier molecular flexibility index (Phi) is 4.50. The van der Waals surface area contributed by atoms with Crippen LogP contribution in [0.25, 0.3) is 0 Å². The zero-order valence-corrected chi connectivity index (χ0v) is 13.9. The van der Waals surface area contributed by atoms with Gasteiger partial charge in [-0.1, -0.05) is 18.5 Å². The van der Waals surface area contributed by atoms with E-state index in [0.29, 0.717) is 22.5 Å². The second-order valence-electron chi connectivity index (χ2n) is 4.56. The Morgan fingerprint density at radius 1 is 1.30 bits per heavy atom. The summed E-state index contributed by atoms with van der Waals surface area (Å²) in [5, 5.41) is 3.96. The molecule has 6 heteroatoms. The third-order valence-corrected chi connectivity index (χ3v) is 4.11. The summed E-state index contributed by atoms with van der Waals surface area (Å²) in [5.41, 5.74) is 8.60. The first-order valence-electron chi connectivity index (χ1n) is 6.28. The van der Waals surface area contributed by atoms with Gasteiger partial charge in [-0.25, -0.2) is 9.97 Å². The number of hydrogen-bond donors (Lipinski definition) is 2. The molecule has 0 radical (unpaired) electrons. The molecule has 0 bridgehead atoms. The molecule has 20 heavy (non-hydrogen) atoms. The molecule has 0 atom stereocenters. The van der Waals surface area contributed by atoms with Gasteiger partial charge in [0.25, 0.3) is 0 Å². The minimum Gasteiger partial charge on any atom is -0.383 e. The lowest BCUT2D eigenvalue weighted by Crippen LogP contribution is -2.06. The smallest absolute Gasteiger partial charge is 0.139 e. The van der Waals surface area contributed by atoms with Crippen LogP contribution in [0.2, 0.25) is 5.02 Å². The molecule has 0 aliphatic heterocycles. The van der Waals surface area contributed by atoms with Gasteiger partial charge in [0.1, 0.15) is 17.5 Å². The van der Waals surface area contributed by atoms with Crippen LogP contribution in [0.5, 0.6) is 0 Å². The number of hydrogen-bond acceptors (Lipinski definition) is 4. The fraction of sp³-hybridized carbons (Fsp3) is 0.286. The first-order chi connectivity index (χ1) is 9.42. The molecule has 1 aromatic carbocycles. The lowest BCUT2D eigenvalue weighted by Gasteiger charge is -2.13. The minimum absolute atomic E-state index is 0.494. The molecule has 0 saturated carbocycles. The quantitative estimate of drug-likeness (QED) is 0.856. The highest BCUT2D eigenvalue weighted by Crippen LogP contribution is 2.32. The Labute approximate surface area is 131 Å². The van der Waals surface area contributed by atoms with E-state index in [9.17, 15) is 0 Å².